The van der Waals surface area contributed by atoms with E-state index in [0.717, 1.165) is 44.9 Å². The van der Waals surface area contributed by atoms with Crippen LogP contribution in [0.4, 0.5) is 0 Å². The van der Waals surface area contributed by atoms with Crippen molar-refractivity contribution in [3.8, 4) is 0 Å². The monoisotopic (exact) mass is 349 g/mol. The number of carboxylic acid groups (broad SMARTS) is 1. The summed E-state index contributed by atoms with van der Waals surface area (Å²) in [6, 6.07) is -0.804. The highest BCUT2D eigenvalue weighted by Gasteiger charge is 2.12. The number of hydrogen-bond acceptors (Lipinski definition) is 2. The summed E-state index contributed by atoms with van der Waals surface area (Å²) < 4.78 is 0. The maximum absolute atomic E-state index is 11.5. The molecular formula is C21H35NO3. The zero-order chi connectivity index (χ0) is 18.8. The van der Waals surface area contributed by atoms with Crippen LogP contribution in [-0.2, 0) is 9.59 Å². The summed E-state index contributed by atoms with van der Waals surface area (Å²) in [5.41, 5.74) is 0. The lowest BCUT2D eigenvalue weighted by atomic mass is 10.1. The summed E-state index contributed by atoms with van der Waals surface area (Å²) >= 11 is 0. The minimum Gasteiger partial charge on any atom is -0.480 e. The lowest BCUT2D eigenvalue weighted by Crippen LogP contribution is -2.38. The van der Waals surface area contributed by atoms with Crippen LogP contribution in [0.25, 0.3) is 0 Å². The van der Waals surface area contributed by atoms with Gasteiger partial charge in [0.05, 0.1) is 0 Å². The van der Waals surface area contributed by atoms with Gasteiger partial charge in [-0.3, -0.25) is 9.59 Å². The van der Waals surface area contributed by atoms with Crippen LogP contribution in [0.5, 0.6) is 0 Å². The van der Waals surface area contributed by atoms with E-state index in [1.54, 1.807) is 0 Å². The van der Waals surface area contributed by atoms with Gasteiger partial charge in [-0.1, -0.05) is 62.6 Å². The Morgan fingerprint density at radius 3 is 2.08 bits per heavy atom. The Balaban J connectivity index is 3.41. The first kappa shape index (κ1) is 23.2. The molecule has 0 aromatic heterocycles. The molecule has 0 heterocycles. The zero-order valence-electron chi connectivity index (χ0n) is 15.9. The molecule has 4 nitrogen and oxygen atoms in total. The van der Waals surface area contributed by atoms with Crippen molar-refractivity contribution in [2.24, 2.45) is 0 Å². The van der Waals surface area contributed by atoms with Gasteiger partial charge >= 0.3 is 5.97 Å². The van der Waals surface area contributed by atoms with Crippen LogP contribution in [0, 0.1) is 0 Å². The molecule has 0 saturated carbocycles. The largest absolute Gasteiger partial charge is 0.480 e. The lowest BCUT2D eigenvalue weighted by Gasteiger charge is -2.08. The van der Waals surface area contributed by atoms with Crippen LogP contribution in [0.3, 0.4) is 0 Å². The number of rotatable bonds is 15. The van der Waals surface area contributed by atoms with Gasteiger partial charge in [0, 0.05) is 6.42 Å². The zero-order valence-corrected chi connectivity index (χ0v) is 15.9. The maximum Gasteiger partial charge on any atom is 0.325 e. The van der Waals surface area contributed by atoms with E-state index in [1.807, 2.05) is 0 Å². The molecule has 0 radical (unpaired) electrons. The van der Waals surface area contributed by atoms with E-state index in [1.165, 1.54) is 19.8 Å². The second-order valence-corrected chi connectivity index (χ2v) is 6.23. The molecule has 0 aliphatic carbocycles. The van der Waals surface area contributed by atoms with E-state index in [-0.39, 0.29) is 5.91 Å². The summed E-state index contributed by atoms with van der Waals surface area (Å²) in [5, 5.41) is 11.2. The normalized spacial score (nSPS) is 13.0. The first-order valence-electron chi connectivity index (χ1n) is 9.55. The highest BCUT2D eigenvalue weighted by Crippen LogP contribution is 2.08. The summed E-state index contributed by atoms with van der Waals surface area (Å²) in [6.45, 7) is 3.62. The quantitative estimate of drug-likeness (QED) is 0.317. The summed E-state index contributed by atoms with van der Waals surface area (Å²) in [6.07, 6.45) is 23.2. The molecule has 0 bridgehead atoms. The molecule has 0 aromatic carbocycles. The fourth-order valence-corrected chi connectivity index (χ4v) is 2.28. The third kappa shape index (κ3) is 16.8. The molecule has 0 spiro atoms. The Hall–Kier alpha value is -1.84. The second-order valence-electron chi connectivity index (χ2n) is 6.23. The number of amides is 1. The molecule has 0 rings (SSSR count). The number of nitrogens with one attached hydrogen (secondary N) is 1. The third-order valence-corrected chi connectivity index (χ3v) is 3.80. The van der Waals surface area contributed by atoms with E-state index in [2.05, 4.69) is 48.7 Å². The molecule has 0 aromatic rings. The number of aliphatic carboxylic acids is 1. The third-order valence-electron chi connectivity index (χ3n) is 3.80. The summed E-state index contributed by atoms with van der Waals surface area (Å²) in [5.74, 6) is -1.17. The van der Waals surface area contributed by atoms with Crippen molar-refractivity contribution in [1.29, 1.82) is 0 Å². The molecule has 2 N–H and O–H groups in total. The van der Waals surface area contributed by atoms with Gasteiger partial charge in [0.15, 0.2) is 0 Å². The predicted octanol–water partition coefficient (Wildman–Crippen LogP) is 5.17. The molecule has 0 aliphatic heterocycles. The average Bonchev–Trinajstić information content (AvgIpc) is 2.58. The summed E-state index contributed by atoms with van der Waals surface area (Å²) in [4.78, 5) is 22.1. The number of hydrogen-bond donors (Lipinski definition) is 2. The number of carbonyl (C=O) groups is 2. The van der Waals surface area contributed by atoms with Crippen LogP contribution >= 0.6 is 0 Å². The smallest absolute Gasteiger partial charge is 0.325 e. The molecular weight excluding hydrogens is 314 g/mol. The van der Waals surface area contributed by atoms with E-state index in [4.69, 9.17) is 5.11 Å². The standard InChI is InChI=1S/C21H35NO3/c1-3-4-5-6-7-8-9-10-11-12-13-14-15-16-17-18-20(23)22-19(2)21(24)25/h4-5,7-8,10-11,19H,3,6,9,12-18H2,1-2H3,(H,22,23)(H,24,25). The second kappa shape index (κ2) is 17.0. The van der Waals surface area contributed by atoms with Gasteiger partial charge in [0.25, 0.3) is 0 Å². The van der Waals surface area contributed by atoms with Gasteiger partial charge in [-0.05, 0) is 45.4 Å². The number of carbonyl (C=O) groups excluding carboxylic acids is 1. The van der Waals surface area contributed by atoms with Crippen molar-refractivity contribution in [2.75, 3.05) is 0 Å². The van der Waals surface area contributed by atoms with Gasteiger partial charge in [-0.15, -0.1) is 0 Å². The fourth-order valence-electron chi connectivity index (χ4n) is 2.28. The van der Waals surface area contributed by atoms with Crippen LogP contribution in [0.1, 0.15) is 78.1 Å². The van der Waals surface area contributed by atoms with E-state index in [9.17, 15) is 9.59 Å². The molecule has 0 saturated heterocycles. The van der Waals surface area contributed by atoms with Crippen LogP contribution in [-0.4, -0.2) is 23.0 Å². The van der Waals surface area contributed by atoms with Crippen LogP contribution in [0.15, 0.2) is 36.5 Å². The van der Waals surface area contributed by atoms with E-state index < -0.39 is 12.0 Å². The molecule has 1 unspecified atom stereocenters. The van der Waals surface area contributed by atoms with Gasteiger partial charge in [0.2, 0.25) is 5.91 Å². The predicted molar refractivity (Wildman–Crippen MR) is 105 cm³/mol. The topological polar surface area (TPSA) is 66.4 Å². The number of allylic oxidation sites excluding steroid dienone is 6. The molecule has 4 heteroatoms. The summed E-state index contributed by atoms with van der Waals surface area (Å²) in [7, 11) is 0. The van der Waals surface area contributed by atoms with E-state index >= 15 is 0 Å². The van der Waals surface area contributed by atoms with Crippen molar-refractivity contribution < 1.29 is 14.7 Å². The minimum absolute atomic E-state index is 0.170. The van der Waals surface area contributed by atoms with E-state index in [0.29, 0.717) is 6.42 Å². The lowest BCUT2D eigenvalue weighted by molar-refractivity contribution is -0.141. The van der Waals surface area contributed by atoms with Gasteiger partial charge in [0.1, 0.15) is 6.04 Å². The molecule has 1 atom stereocenters. The van der Waals surface area contributed by atoms with Gasteiger partial charge in [-0.25, -0.2) is 0 Å². The highest BCUT2D eigenvalue weighted by molar-refractivity contribution is 5.83. The average molecular weight is 350 g/mol. The van der Waals surface area contributed by atoms with Crippen LogP contribution < -0.4 is 5.32 Å². The van der Waals surface area contributed by atoms with Gasteiger partial charge < -0.3 is 10.4 Å². The molecule has 1 amide bonds. The molecule has 142 valence electrons. The first-order chi connectivity index (χ1) is 12.1. The van der Waals surface area contributed by atoms with Crippen molar-refractivity contribution in [1.82, 2.24) is 5.32 Å². The molecule has 0 fully saturated rings. The SMILES string of the molecule is CCC=CCC=CCC=CCCCCCCCC(=O)NC(C)C(=O)O. The van der Waals surface area contributed by atoms with Crippen molar-refractivity contribution >= 4 is 11.9 Å². The van der Waals surface area contributed by atoms with Crippen molar-refractivity contribution in [2.45, 2.75) is 84.1 Å². The molecule has 0 aliphatic rings. The first-order valence-corrected chi connectivity index (χ1v) is 9.55. The Bertz CT molecular complexity index is 438. The Morgan fingerprint density at radius 2 is 1.44 bits per heavy atom. The highest BCUT2D eigenvalue weighted by atomic mass is 16.4. The Labute approximate surface area is 153 Å². The van der Waals surface area contributed by atoms with Crippen molar-refractivity contribution in [3.05, 3.63) is 36.5 Å². The molecule has 25 heavy (non-hydrogen) atoms. The van der Waals surface area contributed by atoms with Crippen molar-refractivity contribution in [3.63, 3.8) is 0 Å². The number of unbranched alkanes of at least 4 members (excludes halogenated alkanes) is 5. The maximum atomic E-state index is 11.5. The fraction of sp³-hybridized carbons (Fsp3) is 0.619. The Morgan fingerprint density at radius 1 is 0.880 bits per heavy atom. The minimum atomic E-state index is -0.995. The van der Waals surface area contributed by atoms with Gasteiger partial charge in [-0.2, -0.15) is 0 Å². The van der Waals surface area contributed by atoms with Crippen LogP contribution in [0.2, 0.25) is 0 Å². The Kier molecular flexibility index (Phi) is 15.7. The number of carboxylic acids is 1.